The lowest BCUT2D eigenvalue weighted by atomic mass is 9.91. The first kappa shape index (κ1) is 39.5. The Bertz CT molecular complexity index is 2510. The van der Waals surface area contributed by atoms with Gasteiger partial charge in [-0.25, -0.2) is 4.79 Å². The molecule has 2 heterocycles. The highest BCUT2D eigenvalue weighted by Crippen LogP contribution is 2.41. The van der Waals surface area contributed by atoms with E-state index in [1.54, 1.807) is 24.3 Å². The summed E-state index contributed by atoms with van der Waals surface area (Å²) in [4.78, 5) is 28.8. The van der Waals surface area contributed by atoms with Crippen molar-refractivity contribution in [1.82, 2.24) is 10.2 Å². The van der Waals surface area contributed by atoms with E-state index < -0.39 is 18.1 Å². The number of hydrogen-bond donors (Lipinski definition) is 2. The highest BCUT2D eigenvalue weighted by Gasteiger charge is 2.36. The number of fused-ring (bicyclic) bond motifs is 2. The SMILES string of the molecule is N#Cc1ccc(-c2ccc(C[C@H](NC(=O)[C@@H]3Cc4cc5c(cc4CN3Cc3ccccc3)OC(c3ccc(OCc4ccc(Cl)c(Cl)c4)cc3)CO5)C(=O)O)cc2)cc1. The van der Waals surface area contributed by atoms with Crippen LogP contribution in [0.2, 0.25) is 10.0 Å². The van der Waals surface area contributed by atoms with E-state index in [9.17, 15) is 14.7 Å². The first-order valence-electron chi connectivity index (χ1n) is 19.2. The van der Waals surface area contributed by atoms with Gasteiger partial charge in [0.15, 0.2) is 17.6 Å². The topological polar surface area (TPSA) is 121 Å². The minimum Gasteiger partial charge on any atom is -0.489 e. The summed E-state index contributed by atoms with van der Waals surface area (Å²) in [6.45, 7) is 1.58. The van der Waals surface area contributed by atoms with Gasteiger partial charge in [-0.15, -0.1) is 0 Å². The number of ether oxygens (including phenoxy) is 3. The molecule has 3 atom stereocenters. The molecule has 0 radical (unpaired) electrons. The third kappa shape index (κ3) is 9.37. The molecule has 11 heteroatoms. The molecule has 0 saturated heterocycles. The van der Waals surface area contributed by atoms with Crippen LogP contribution in [0, 0.1) is 11.3 Å². The maximum atomic E-state index is 14.1. The van der Waals surface area contributed by atoms with Gasteiger partial charge in [0.2, 0.25) is 5.91 Å². The van der Waals surface area contributed by atoms with Gasteiger partial charge in [0, 0.05) is 19.5 Å². The number of halogens is 2. The van der Waals surface area contributed by atoms with E-state index >= 15 is 0 Å². The smallest absolute Gasteiger partial charge is 0.326 e. The lowest BCUT2D eigenvalue weighted by Crippen LogP contribution is -2.54. The van der Waals surface area contributed by atoms with Gasteiger partial charge in [0.1, 0.15) is 25.0 Å². The van der Waals surface area contributed by atoms with E-state index in [1.807, 2.05) is 109 Å². The van der Waals surface area contributed by atoms with Crippen molar-refractivity contribution in [3.8, 4) is 34.4 Å². The Balaban J connectivity index is 0.955. The minimum atomic E-state index is -1.14. The molecule has 2 aliphatic rings. The Morgan fingerprint density at radius 2 is 1.51 bits per heavy atom. The van der Waals surface area contributed by atoms with Crippen LogP contribution >= 0.6 is 23.2 Å². The minimum absolute atomic E-state index is 0.116. The number of nitrogens with one attached hydrogen (secondary N) is 1. The van der Waals surface area contributed by atoms with Gasteiger partial charge in [-0.1, -0.05) is 108 Å². The van der Waals surface area contributed by atoms with E-state index in [0.717, 1.165) is 44.5 Å². The quantitative estimate of drug-likeness (QED) is 0.125. The van der Waals surface area contributed by atoms with E-state index in [1.165, 1.54) is 0 Å². The van der Waals surface area contributed by atoms with E-state index in [0.29, 0.717) is 65.6 Å². The number of carboxylic acids is 1. The standard InChI is InChI=1S/C48H39Cl2N3O6/c49-40-19-10-33(20-41(40)50)28-57-39-17-15-36(16-18-39)46-29-58-44-23-37-22-43(53(26-32-4-2-1-3-5-32)27-38(37)24-45(44)59-46)47(54)52-42(48(55)56)21-30-6-11-34(12-7-30)35-13-8-31(25-51)9-14-35/h1-20,23-24,42-43,46H,21-22,26-29H2,(H,52,54)(H,55,56)/t42-,43-,46?/m0/s1. The molecule has 0 saturated carbocycles. The van der Waals surface area contributed by atoms with E-state index in [-0.39, 0.29) is 18.4 Å². The molecule has 6 aromatic rings. The third-order valence-electron chi connectivity index (χ3n) is 10.7. The fourth-order valence-electron chi connectivity index (χ4n) is 7.46. The maximum absolute atomic E-state index is 14.1. The molecule has 2 N–H and O–H groups in total. The number of amides is 1. The molecule has 6 aromatic carbocycles. The normalized spacial score (nSPS) is 16.3. The molecular formula is C48H39Cl2N3O6. The molecule has 0 fully saturated rings. The second-order valence-electron chi connectivity index (χ2n) is 14.7. The Morgan fingerprint density at radius 1 is 0.814 bits per heavy atom. The van der Waals surface area contributed by atoms with Crippen molar-refractivity contribution >= 4 is 35.1 Å². The van der Waals surface area contributed by atoms with Gasteiger partial charge in [-0.05, 0) is 99.5 Å². The highest BCUT2D eigenvalue weighted by molar-refractivity contribution is 6.42. The van der Waals surface area contributed by atoms with Crippen LogP contribution in [0.1, 0.15) is 45.0 Å². The average molecular weight is 825 g/mol. The van der Waals surface area contributed by atoms with E-state index in [4.69, 9.17) is 42.7 Å². The summed E-state index contributed by atoms with van der Waals surface area (Å²) < 4.78 is 18.7. The van der Waals surface area contributed by atoms with Crippen LogP contribution in [-0.2, 0) is 42.1 Å². The van der Waals surface area contributed by atoms with Gasteiger partial charge < -0.3 is 24.6 Å². The van der Waals surface area contributed by atoms with Crippen molar-refractivity contribution in [2.75, 3.05) is 6.61 Å². The number of hydrogen-bond acceptors (Lipinski definition) is 7. The molecule has 296 valence electrons. The van der Waals surface area contributed by atoms with Gasteiger partial charge in [-0.3, -0.25) is 9.69 Å². The van der Waals surface area contributed by atoms with Gasteiger partial charge in [0.05, 0.1) is 27.7 Å². The van der Waals surface area contributed by atoms with Crippen LogP contribution in [0.4, 0.5) is 0 Å². The summed E-state index contributed by atoms with van der Waals surface area (Å²) >= 11 is 12.2. The Labute approximate surface area is 352 Å². The zero-order valence-corrected chi connectivity index (χ0v) is 33.3. The molecule has 1 unspecified atom stereocenters. The van der Waals surface area contributed by atoms with Crippen molar-refractivity contribution in [2.24, 2.45) is 0 Å². The average Bonchev–Trinajstić information content (AvgIpc) is 3.26. The third-order valence-corrected chi connectivity index (χ3v) is 11.4. The number of aliphatic carboxylic acids is 1. The van der Waals surface area contributed by atoms with Crippen molar-refractivity contribution in [3.63, 3.8) is 0 Å². The highest BCUT2D eigenvalue weighted by atomic mass is 35.5. The van der Waals surface area contributed by atoms with Crippen molar-refractivity contribution in [1.29, 1.82) is 5.26 Å². The second kappa shape index (κ2) is 17.7. The second-order valence-corrected chi connectivity index (χ2v) is 15.5. The van der Waals surface area contributed by atoms with Crippen molar-refractivity contribution < 1.29 is 28.9 Å². The summed E-state index contributed by atoms with van der Waals surface area (Å²) in [7, 11) is 0. The molecule has 0 spiro atoms. The number of carbonyl (C=O) groups excluding carboxylic acids is 1. The number of nitrogens with zero attached hydrogens (tertiary/aromatic N) is 2. The largest absolute Gasteiger partial charge is 0.489 e. The monoisotopic (exact) mass is 823 g/mol. The molecule has 0 bridgehead atoms. The van der Waals surface area contributed by atoms with Crippen LogP contribution in [-0.4, -0.2) is 40.6 Å². The first-order chi connectivity index (χ1) is 28.7. The Morgan fingerprint density at radius 3 is 2.20 bits per heavy atom. The molecule has 8 rings (SSSR count). The summed E-state index contributed by atoms with van der Waals surface area (Å²) in [5, 5.41) is 23.2. The summed E-state index contributed by atoms with van der Waals surface area (Å²) in [5.74, 6) is 0.462. The molecule has 9 nitrogen and oxygen atoms in total. The summed E-state index contributed by atoms with van der Waals surface area (Å²) in [5.41, 5.74) is 8.08. The lowest BCUT2D eigenvalue weighted by Gasteiger charge is -2.37. The number of carboxylic acid groups (broad SMARTS) is 1. The van der Waals surface area contributed by atoms with Gasteiger partial charge in [-0.2, -0.15) is 5.26 Å². The fourth-order valence-corrected chi connectivity index (χ4v) is 7.78. The Kier molecular flexibility index (Phi) is 11.8. The molecular weight excluding hydrogens is 785 g/mol. The molecule has 1 amide bonds. The zero-order chi connectivity index (χ0) is 40.9. The molecule has 59 heavy (non-hydrogen) atoms. The maximum Gasteiger partial charge on any atom is 0.326 e. The fraction of sp³-hybridized carbons (Fsp3) is 0.188. The predicted molar refractivity (Wildman–Crippen MR) is 226 cm³/mol. The first-order valence-corrected chi connectivity index (χ1v) is 20.0. The molecule has 0 aromatic heterocycles. The summed E-state index contributed by atoms with van der Waals surface area (Å²) in [6.07, 6.45) is 0.140. The van der Waals surface area contributed by atoms with Crippen molar-refractivity contribution in [2.45, 2.75) is 50.7 Å². The van der Waals surface area contributed by atoms with Gasteiger partial charge >= 0.3 is 5.97 Å². The Hall–Kier alpha value is -6.31. The van der Waals surface area contributed by atoms with E-state index in [2.05, 4.69) is 16.3 Å². The van der Waals surface area contributed by atoms with Crippen LogP contribution < -0.4 is 19.5 Å². The molecule has 2 aliphatic heterocycles. The number of carbonyl (C=O) groups is 2. The predicted octanol–water partition coefficient (Wildman–Crippen LogP) is 9.36. The zero-order valence-electron chi connectivity index (χ0n) is 31.8. The van der Waals surface area contributed by atoms with Crippen LogP contribution in [0.5, 0.6) is 17.2 Å². The van der Waals surface area contributed by atoms with Crippen molar-refractivity contribution in [3.05, 3.63) is 182 Å². The van der Waals surface area contributed by atoms with Crippen LogP contribution in [0.25, 0.3) is 11.1 Å². The lowest BCUT2D eigenvalue weighted by molar-refractivity contribution is -0.142. The summed E-state index contributed by atoms with van der Waals surface area (Å²) in [6, 6.07) is 42.2. The molecule has 0 aliphatic carbocycles. The van der Waals surface area contributed by atoms with Crippen LogP contribution in [0.15, 0.2) is 133 Å². The van der Waals surface area contributed by atoms with Crippen LogP contribution in [0.3, 0.4) is 0 Å². The number of nitriles is 1. The number of rotatable bonds is 12. The number of benzene rings is 6. The van der Waals surface area contributed by atoms with Gasteiger partial charge in [0.25, 0.3) is 0 Å².